The molecule has 0 bridgehead atoms. The number of rotatable bonds is 7. The first-order chi connectivity index (χ1) is 16.9. The molecule has 3 aromatic rings. The van der Waals surface area contributed by atoms with Gasteiger partial charge in [0.05, 0.1) is 0 Å². The van der Waals surface area contributed by atoms with Crippen molar-refractivity contribution in [3.8, 4) is 11.8 Å². The number of allylic oxidation sites excluding steroid dienone is 5. The van der Waals surface area contributed by atoms with Gasteiger partial charge in [-0.3, -0.25) is 4.79 Å². The van der Waals surface area contributed by atoms with Crippen molar-refractivity contribution in [2.45, 2.75) is 26.4 Å². The van der Waals surface area contributed by atoms with E-state index in [1.54, 1.807) is 18.2 Å². The number of carbonyl (C=O) groups is 1. The van der Waals surface area contributed by atoms with Gasteiger partial charge in [-0.2, -0.15) is 5.26 Å². The van der Waals surface area contributed by atoms with E-state index in [1.165, 1.54) is 0 Å². The number of anilines is 1. The van der Waals surface area contributed by atoms with E-state index in [1.807, 2.05) is 73.7 Å². The molecule has 0 heterocycles. The molecule has 4 rings (SSSR count). The van der Waals surface area contributed by atoms with Crippen molar-refractivity contribution in [2.24, 2.45) is 0 Å². The summed E-state index contributed by atoms with van der Waals surface area (Å²) in [5, 5.41) is 12.4. The number of halogens is 1. The van der Waals surface area contributed by atoms with Gasteiger partial charge in [0.25, 0.3) is 5.91 Å². The van der Waals surface area contributed by atoms with Crippen molar-refractivity contribution in [2.75, 3.05) is 5.32 Å². The van der Waals surface area contributed by atoms with Crippen LogP contribution in [0.5, 0.6) is 5.75 Å². The molecule has 0 saturated heterocycles. The third-order valence-corrected chi connectivity index (χ3v) is 6.43. The van der Waals surface area contributed by atoms with Gasteiger partial charge in [-0.15, -0.1) is 0 Å². The molecule has 1 aliphatic rings. The average Bonchev–Trinajstić information content (AvgIpc) is 3.14. The fourth-order valence-electron chi connectivity index (χ4n) is 4.19. The predicted molar refractivity (Wildman–Crippen MR) is 143 cm³/mol. The Hall–Kier alpha value is -3.88. The summed E-state index contributed by atoms with van der Waals surface area (Å²) < 4.78 is 6.77. The minimum Gasteiger partial charge on any atom is -0.489 e. The summed E-state index contributed by atoms with van der Waals surface area (Å²) in [6.07, 6.45) is 3.72. The molecule has 5 heteroatoms. The Morgan fingerprint density at radius 2 is 1.80 bits per heavy atom. The number of carbonyl (C=O) groups excluding carboxylic acids is 1. The fourth-order valence-corrected chi connectivity index (χ4v) is 4.58. The van der Waals surface area contributed by atoms with E-state index >= 15 is 0 Å². The van der Waals surface area contributed by atoms with Crippen molar-refractivity contribution < 1.29 is 9.53 Å². The molecule has 0 radical (unpaired) electrons. The van der Waals surface area contributed by atoms with E-state index in [2.05, 4.69) is 40.3 Å². The number of nitriles is 1. The lowest BCUT2D eigenvalue weighted by Crippen LogP contribution is -2.13. The summed E-state index contributed by atoms with van der Waals surface area (Å²) in [7, 11) is 0. The van der Waals surface area contributed by atoms with Crippen molar-refractivity contribution in [3.05, 3.63) is 129 Å². The summed E-state index contributed by atoms with van der Waals surface area (Å²) in [6.45, 7) is 4.64. The molecule has 0 unspecified atom stereocenters. The van der Waals surface area contributed by atoms with E-state index in [4.69, 9.17) is 4.74 Å². The van der Waals surface area contributed by atoms with Gasteiger partial charge < -0.3 is 10.1 Å². The first kappa shape index (κ1) is 24.3. The lowest BCUT2D eigenvalue weighted by atomic mass is 9.89. The number of hydrogen-bond donors (Lipinski definition) is 1. The highest BCUT2D eigenvalue weighted by Crippen LogP contribution is 2.40. The Morgan fingerprint density at radius 1 is 1.06 bits per heavy atom. The van der Waals surface area contributed by atoms with Crippen LogP contribution >= 0.6 is 15.9 Å². The molecular formula is C30H25BrN2O2. The highest BCUT2D eigenvalue weighted by atomic mass is 79.9. The minimum atomic E-state index is -0.430. The molecule has 0 saturated carbocycles. The average molecular weight is 525 g/mol. The Labute approximate surface area is 214 Å². The van der Waals surface area contributed by atoms with Crippen LogP contribution in [0, 0.1) is 11.3 Å². The van der Waals surface area contributed by atoms with Gasteiger partial charge >= 0.3 is 0 Å². The number of hydrogen-bond acceptors (Lipinski definition) is 3. The van der Waals surface area contributed by atoms with Crippen LogP contribution in [-0.4, -0.2) is 5.91 Å². The SMILES string of the molecule is CC1=CC(/C=C(/C#N)C(=O)Nc2cccc(Br)c2)=C(C)[C@H]1c1ccc(OCc2ccccc2)cc1. The van der Waals surface area contributed by atoms with Crippen LogP contribution in [0.1, 0.15) is 30.9 Å². The number of nitrogens with zero attached hydrogens (tertiary/aromatic N) is 1. The molecule has 0 aromatic heterocycles. The van der Waals surface area contributed by atoms with Crippen molar-refractivity contribution in [3.63, 3.8) is 0 Å². The van der Waals surface area contributed by atoms with Crippen LogP contribution in [0.3, 0.4) is 0 Å². The smallest absolute Gasteiger partial charge is 0.266 e. The van der Waals surface area contributed by atoms with Crippen LogP contribution < -0.4 is 10.1 Å². The maximum Gasteiger partial charge on any atom is 0.266 e. The zero-order valence-corrected chi connectivity index (χ0v) is 21.2. The topological polar surface area (TPSA) is 62.1 Å². The Kier molecular flexibility index (Phi) is 7.64. The summed E-state index contributed by atoms with van der Waals surface area (Å²) in [5.41, 5.74) is 6.11. The molecule has 0 spiro atoms. The normalized spacial score (nSPS) is 15.4. The largest absolute Gasteiger partial charge is 0.489 e. The van der Waals surface area contributed by atoms with Crippen LogP contribution in [-0.2, 0) is 11.4 Å². The molecule has 1 atom stereocenters. The van der Waals surface area contributed by atoms with Gasteiger partial charge in [0.15, 0.2) is 0 Å². The lowest BCUT2D eigenvalue weighted by molar-refractivity contribution is -0.112. The van der Waals surface area contributed by atoms with E-state index < -0.39 is 5.91 Å². The van der Waals surface area contributed by atoms with Gasteiger partial charge in [0.2, 0.25) is 0 Å². The Bertz CT molecular complexity index is 1360. The second-order valence-corrected chi connectivity index (χ2v) is 9.35. The molecule has 1 amide bonds. The van der Waals surface area contributed by atoms with Gasteiger partial charge in [0, 0.05) is 16.1 Å². The molecule has 4 nitrogen and oxygen atoms in total. The molecule has 1 aliphatic carbocycles. The molecule has 174 valence electrons. The zero-order chi connectivity index (χ0) is 24.8. The number of benzene rings is 3. The van der Waals surface area contributed by atoms with Gasteiger partial charge in [0.1, 0.15) is 24.0 Å². The van der Waals surface area contributed by atoms with Crippen LogP contribution in [0.15, 0.2) is 118 Å². The fraction of sp³-hybridized carbons (Fsp3) is 0.133. The summed E-state index contributed by atoms with van der Waals surface area (Å²) in [4.78, 5) is 12.7. The Balaban J connectivity index is 1.49. The molecule has 0 aliphatic heterocycles. The summed E-state index contributed by atoms with van der Waals surface area (Å²) in [6, 6.07) is 27.5. The standard InChI is InChI=1S/C30H25BrN2O2/c1-20-15-24(16-25(18-32)30(34)33-27-10-6-9-26(31)17-27)21(2)29(20)23-11-13-28(14-12-23)35-19-22-7-4-3-5-8-22/h3-17,29H,19H2,1-2H3,(H,33,34)/b25-16-/t29-/m0/s1. The lowest BCUT2D eigenvalue weighted by Gasteiger charge is -2.16. The maximum absolute atomic E-state index is 12.7. The molecule has 1 N–H and O–H groups in total. The van der Waals surface area contributed by atoms with E-state index in [-0.39, 0.29) is 11.5 Å². The second kappa shape index (κ2) is 11.0. The van der Waals surface area contributed by atoms with Gasteiger partial charge in [-0.25, -0.2) is 0 Å². The van der Waals surface area contributed by atoms with Crippen LogP contribution in [0.4, 0.5) is 5.69 Å². The van der Waals surface area contributed by atoms with E-state index in [0.717, 1.165) is 38.1 Å². The van der Waals surface area contributed by atoms with Crippen LogP contribution in [0.2, 0.25) is 0 Å². The number of nitrogens with one attached hydrogen (secondary N) is 1. The second-order valence-electron chi connectivity index (χ2n) is 8.44. The highest BCUT2D eigenvalue weighted by Gasteiger charge is 2.24. The summed E-state index contributed by atoms with van der Waals surface area (Å²) >= 11 is 3.39. The number of ether oxygens (including phenoxy) is 1. The third-order valence-electron chi connectivity index (χ3n) is 5.94. The first-order valence-corrected chi connectivity index (χ1v) is 12.1. The molecular weight excluding hydrogens is 500 g/mol. The predicted octanol–water partition coefficient (Wildman–Crippen LogP) is 7.48. The zero-order valence-electron chi connectivity index (χ0n) is 19.6. The highest BCUT2D eigenvalue weighted by molar-refractivity contribution is 9.10. The van der Waals surface area contributed by atoms with Crippen molar-refractivity contribution in [1.29, 1.82) is 5.26 Å². The molecule has 35 heavy (non-hydrogen) atoms. The Morgan fingerprint density at radius 3 is 2.49 bits per heavy atom. The van der Waals surface area contributed by atoms with Gasteiger partial charge in [-0.05, 0) is 67.0 Å². The minimum absolute atomic E-state index is 0.0636. The number of amides is 1. The summed E-state index contributed by atoms with van der Waals surface area (Å²) in [5.74, 6) is 0.479. The third kappa shape index (κ3) is 5.98. The van der Waals surface area contributed by atoms with Gasteiger partial charge in [-0.1, -0.05) is 81.7 Å². The maximum atomic E-state index is 12.7. The van der Waals surface area contributed by atoms with E-state index in [0.29, 0.717) is 12.3 Å². The molecule has 0 fully saturated rings. The van der Waals surface area contributed by atoms with Crippen LogP contribution in [0.25, 0.3) is 0 Å². The first-order valence-electron chi connectivity index (χ1n) is 11.3. The van der Waals surface area contributed by atoms with Crippen molar-refractivity contribution >= 4 is 27.5 Å². The van der Waals surface area contributed by atoms with E-state index in [9.17, 15) is 10.1 Å². The van der Waals surface area contributed by atoms with Crippen molar-refractivity contribution in [1.82, 2.24) is 0 Å². The quantitative estimate of drug-likeness (QED) is 0.257. The monoisotopic (exact) mass is 524 g/mol. The molecule has 3 aromatic carbocycles.